The third-order valence-corrected chi connectivity index (χ3v) is 4.85. The van der Waals surface area contributed by atoms with Crippen molar-refractivity contribution in [2.75, 3.05) is 18.4 Å². The molecule has 0 aromatic heterocycles. The fourth-order valence-electron chi connectivity index (χ4n) is 2.84. The Morgan fingerprint density at radius 1 is 0.963 bits per heavy atom. The molecule has 1 saturated heterocycles. The number of halogens is 3. The highest BCUT2D eigenvalue weighted by Crippen LogP contribution is 2.36. The normalized spacial score (nSPS) is 14.3. The number of nitrogens with zero attached hydrogens (tertiary/aromatic N) is 1. The molecular weight excluding hydrogens is 377 g/mol. The van der Waals surface area contributed by atoms with E-state index in [0.29, 0.717) is 11.3 Å². The van der Waals surface area contributed by atoms with Crippen molar-refractivity contribution >= 4 is 29.3 Å². The predicted molar refractivity (Wildman–Crippen MR) is 97.9 cm³/mol. The van der Waals surface area contributed by atoms with Gasteiger partial charge in [0.15, 0.2) is 0 Å². The zero-order valence-corrected chi connectivity index (χ0v) is 15.1. The Morgan fingerprint density at radius 3 is 2.26 bits per heavy atom. The van der Waals surface area contributed by atoms with Crippen LogP contribution in [-0.4, -0.2) is 35.3 Å². The molecule has 0 unspecified atom stereocenters. The van der Waals surface area contributed by atoms with Gasteiger partial charge in [-0.25, -0.2) is 0 Å². The standard InChI is InChI=1S/C19H17F3N2O2S/c20-19(21,22)27-16-8-6-13(7-9-16)17(25)23-15-5-3-4-14(12-15)18(26)24-10-1-2-11-24/h3-9,12H,1-2,10-11H2,(H,23,25). The molecule has 2 aromatic rings. The summed E-state index contributed by atoms with van der Waals surface area (Å²) < 4.78 is 37.1. The summed E-state index contributed by atoms with van der Waals surface area (Å²) in [5.41, 5.74) is -3.19. The maximum atomic E-state index is 12.4. The van der Waals surface area contributed by atoms with Crippen molar-refractivity contribution < 1.29 is 22.8 Å². The Balaban J connectivity index is 1.67. The highest BCUT2D eigenvalue weighted by molar-refractivity contribution is 8.00. The number of hydrogen-bond donors (Lipinski definition) is 1. The summed E-state index contributed by atoms with van der Waals surface area (Å²) >= 11 is -0.232. The number of likely N-dealkylation sites (tertiary alicyclic amines) is 1. The van der Waals surface area contributed by atoms with Crippen LogP contribution in [0.15, 0.2) is 53.4 Å². The average Bonchev–Trinajstić information content (AvgIpc) is 3.15. The van der Waals surface area contributed by atoms with Crippen LogP contribution in [0.3, 0.4) is 0 Å². The minimum Gasteiger partial charge on any atom is -0.339 e. The van der Waals surface area contributed by atoms with E-state index in [1.165, 1.54) is 24.3 Å². The van der Waals surface area contributed by atoms with Crippen molar-refractivity contribution in [1.82, 2.24) is 4.90 Å². The number of rotatable bonds is 4. The van der Waals surface area contributed by atoms with E-state index in [1.54, 1.807) is 29.2 Å². The molecule has 1 heterocycles. The molecule has 0 radical (unpaired) electrons. The van der Waals surface area contributed by atoms with Gasteiger partial charge in [-0.2, -0.15) is 13.2 Å². The molecular formula is C19H17F3N2O2S. The second-order valence-electron chi connectivity index (χ2n) is 6.11. The molecule has 1 fully saturated rings. The molecule has 4 nitrogen and oxygen atoms in total. The summed E-state index contributed by atoms with van der Waals surface area (Å²) in [6.07, 6.45) is 1.98. The lowest BCUT2D eigenvalue weighted by Crippen LogP contribution is -2.27. The van der Waals surface area contributed by atoms with Gasteiger partial charge >= 0.3 is 5.51 Å². The smallest absolute Gasteiger partial charge is 0.339 e. The number of nitrogens with one attached hydrogen (secondary N) is 1. The van der Waals surface area contributed by atoms with E-state index in [2.05, 4.69) is 5.32 Å². The molecule has 0 aliphatic carbocycles. The van der Waals surface area contributed by atoms with Crippen LogP contribution in [0.25, 0.3) is 0 Å². The maximum absolute atomic E-state index is 12.4. The van der Waals surface area contributed by atoms with Crippen molar-refractivity contribution in [3.05, 3.63) is 59.7 Å². The molecule has 142 valence electrons. The van der Waals surface area contributed by atoms with Crippen LogP contribution in [0.2, 0.25) is 0 Å². The van der Waals surface area contributed by atoms with E-state index < -0.39 is 11.4 Å². The summed E-state index contributed by atoms with van der Waals surface area (Å²) in [7, 11) is 0. The van der Waals surface area contributed by atoms with Crippen molar-refractivity contribution in [2.45, 2.75) is 23.2 Å². The van der Waals surface area contributed by atoms with Gasteiger partial charge in [0.25, 0.3) is 11.8 Å². The van der Waals surface area contributed by atoms with Gasteiger partial charge in [-0.05, 0) is 67.1 Å². The van der Waals surface area contributed by atoms with Gasteiger partial charge in [0, 0.05) is 34.8 Å². The second-order valence-corrected chi connectivity index (χ2v) is 7.24. The number of hydrogen-bond acceptors (Lipinski definition) is 3. The van der Waals surface area contributed by atoms with Gasteiger partial charge in [0.2, 0.25) is 0 Å². The predicted octanol–water partition coefficient (Wildman–Crippen LogP) is 4.79. The second kappa shape index (κ2) is 8.04. The molecule has 0 spiro atoms. The number of carbonyl (C=O) groups is 2. The number of benzene rings is 2. The lowest BCUT2D eigenvalue weighted by atomic mass is 10.1. The van der Waals surface area contributed by atoms with Gasteiger partial charge < -0.3 is 10.2 Å². The summed E-state index contributed by atoms with van der Waals surface area (Å²) in [6.45, 7) is 1.47. The van der Waals surface area contributed by atoms with Gasteiger partial charge in [-0.15, -0.1) is 0 Å². The Morgan fingerprint density at radius 2 is 1.63 bits per heavy atom. The molecule has 8 heteroatoms. The molecule has 3 rings (SSSR count). The summed E-state index contributed by atoms with van der Waals surface area (Å²) in [5.74, 6) is -0.526. The van der Waals surface area contributed by atoms with E-state index in [-0.39, 0.29) is 28.1 Å². The van der Waals surface area contributed by atoms with Crippen LogP contribution in [0, 0.1) is 0 Å². The molecule has 1 aliphatic rings. The number of alkyl halides is 3. The van der Waals surface area contributed by atoms with E-state index in [0.717, 1.165) is 25.9 Å². The summed E-state index contributed by atoms with van der Waals surface area (Å²) in [4.78, 5) is 26.5. The number of anilines is 1. The van der Waals surface area contributed by atoms with Gasteiger partial charge in [-0.3, -0.25) is 9.59 Å². The van der Waals surface area contributed by atoms with E-state index in [4.69, 9.17) is 0 Å². The first-order valence-electron chi connectivity index (χ1n) is 8.38. The van der Waals surface area contributed by atoms with Crippen LogP contribution in [0.1, 0.15) is 33.6 Å². The average molecular weight is 394 g/mol. The Labute approximate surface area is 158 Å². The highest BCUT2D eigenvalue weighted by Gasteiger charge is 2.29. The summed E-state index contributed by atoms with van der Waals surface area (Å²) in [6, 6.07) is 11.8. The fraction of sp³-hybridized carbons (Fsp3) is 0.263. The third kappa shape index (κ3) is 5.26. The van der Waals surface area contributed by atoms with Crippen LogP contribution >= 0.6 is 11.8 Å². The van der Waals surface area contributed by atoms with Crippen molar-refractivity contribution in [2.24, 2.45) is 0 Å². The largest absolute Gasteiger partial charge is 0.446 e. The lowest BCUT2D eigenvalue weighted by molar-refractivity contribution is -0.0328. The van der Waals surface area contributed by atoms with Crippen LogP contribution in [0.4, 0.5) is 18.9 Å². The van der Waals surface area contributed by atoms with Crippen molar-refractivity contribution in [3.63, 3.8) is 0 Å². The van der Waals surface area contributed by atoms with Gasteiger partial charge in [0.05, 0.1) is 0 Å². The van der Waals surface area contributed by atoms with Crippen LogP contribution < -0.4 is 5.32 Å². The molecule has 1 aliphatic heterocycles. The van der Waals surface area contributed by atoms with E-state index >= 15 is 0 Å². The minimum atomic E-state index is -4.37. The lowest BCUT2D eigenvalue weighted by Gasteiger charge is -2.15. The number of amides is 2. The topological polar surface area (TPSA) is 49.4 Å². The first-order chi connectivity index (χ1) is 12.8. The molecule has 0 saturated carbocycles. The first kappa shape index (κ1) is 19.3. The van der Waals surface area contributed by atoms with Crippen LogP contribution in [0.5, 0.6) is 0 Å². The molecule has 2 amide bonds. The summed E-state index contributed by atoms with van der Waals surface area (Å²) in [5, 5.41) is 2.67. The molecule has 27 heavy (non-hydrogen) atoms. The first-order valence-corrected chi connectivity index (χ1v) is 9.20. The zero-order valence-electron chi connectivity index (χ0n) is 14.3. The number of thioether (sulfide) groups is 1. The van der Waals surface area contributed by atoms with Crippen LogP contribution in [-0.2, 0) is 0 Å². The maximum Gasteiger partial charge on any atom is 0.446 e. The van der Waals surface area contributed by atoms with Crippen molar-refractivity contribution in [1.29, 1.82) is 0 Å². The van der Waals surface area contributed by atoms with E-state index in [1.807, 2.05) is 0 Å². The molecule has 1 N–H and O–H groups in total. The van der Waals surface area contributed by atoms with Gasteiger partial charge in [0.1, 0.15) is 0 Å². The third-order valence-electron chi connectivity index (χ3n) is 4.11. The molecule has 0 bridgehead atoms. The van der Waals surface area contributed by atoms with E-state index in [9.17, 15) is 22.8 Å². The van der Waals surface area contributed by atoms with Gasteiger partial charge in [-0.1, -0.05) is 6.07 Å². The SMILES string of the molecule is O=C(Nc1cccc(C(=O)N2CCCC2)c1)c1ccc(SC(F)(F)F)cc1. The fourth-order valence-corrected chi connectivity index (χ4v) is 3.38. The Bertz CT molecular complexity index is 832. The minimum absolute atomic E-state index is 0.0113. The highest BCUT2D eigenvalue weighted by atomic mass is 32.2. The Kier molecular flexibility index (Phi) is 5.74. The molecule has 0 atom stereocenters. The van der Waals surface area contributed by atoms with Crippen molar-refractivity contribution in [3.8, 4) is 0 Å². The zero-order chi connectivity index (χ0) is 19.4. The Hall–Kier alpha value is -2.48. The number of carbonyl (C=O) groups excluding carboxylic acids is 2. The molecule has 2 aromatic carbocycles. The monoisotopic (exact) mass is 394 g/mol. The quantitative estimate of drug-likeness (QED) is 0.759.